The first-order chi connectivity index (χ1) is 14.4. The van der Waals surface area contributed by atoms with Crippen molar-refractivity contribution in [2.45, 2.75) is 26.4 Å². The van der Waals surface area contributed by atoms with Crippen LogP contribution in [0.5, 0.6) is 5.75 Å². The number of benzene rings is 2. The minimum absolute atomic E-state index is 0.244. The van der Waals surface area contributed by atoms with E-state index in [1.165, 1.54) is 23.9 Å². The van der Waals surface area contributed by atoms with Crippen molar-refractivity contribution in [2.24, 2.45) is 0 Å². The third-order valence-electron chi connectivity index (χ3n) is 5.49. The fraction of sp³-hybridized carbons (Fsp3) is 0.458. The molecule has 1 atom stereocenters. The van der Waals surface area contributed by atoms with Crippen molar-refractivity contribution in [1.82, 2.24) is 4.90 Å². The fourth-order valence-corrected chi connectivity index (χ4v) is 3.72. The maximum Gasteiger partial charge on any atom is 0.309 e. The molecule has 2 aromatic carbocycles. The van der Waals surface area contributed by atoms with Gasteiger partial charge in [-0.05, 0) is 48.7 Å². The number of ether oxygens (including phenoxy) is 2. The molecule has 6 nitrogen and oxygen atoms in total. The van der Waals surface area contributed by atoms with Crippen LogP contribution in [-0.4, -0.2) is 68.5 Å². The van der Waals surface area contributed by atoms with Crippen LogP contribution in [0, 0.1) is 13.8 Å². The quantitative estimate of drug-likeness (QED) is 0.673. The second kappa shape index (κ2) is 10.5. The number of methoxy groups -OCH3 is 1. The maximum absolute atomic E-state index is 11.3. The number of hydrogen-bond acceptors (Lipinski definition) is 6. The van der Waals surface area contributed by atoms with Gasteiger partial charge in [0, 0.05) is 38.4 Å². The average Bonchev–Trinajstić information content (AvgIpc) is 2.75. The van der Waals surface area contributed by atoms with Crippen LogP contribution in [0.2, 0.25) is 0 Å². The summed E-state index contributed by atoms with van der Waals surface area (Å²) in [4.78, 5) is 16.0. The summed E-state index contributed by atoms with van der Waals surface area (Å²) in [6.07, 6.45) is -0.306. The highest BCUT2D eigenvalue weighted by Crippen LogP contribution is 2.23. The maximum atomic E-state index is 11.3. The van der Waals surface area contributed by atoms with E-state index < -0.39 is 6.10 Å². The predicted octanol–water partition coefficient (Wildman–Crippen LogP) is 2.58. The minimum Gasteiger partial charge on any atom is -0.491 e. The van der Waals surface area contributed by atoms with Crippen LogP contribution in [-0.2, 0) is 16.0 Å². The normalized spacial score (nSPS) is 15.7. The van der Waals surface area contributed by atoms with Gasteiger partial charge >= 0.3 is 5.97 Å². The number of carbonyl (C=O) groups is 1. The minimum atomic E-state index is -0.549. The summed E-state index contributed by atoms with van der Waals surface area (Å²) in [5, 5.41) is 10.4. The Balaban J connectivity index is 1.41. The number of β-amino-alcohol motifs (C(OH)–C–C–N with tert-alkyl or cyclic N) is 1. The van der Waals surface area contributed by atoms with E-state index in [1.807, 2.05) is 24.3 Å². The summed E-state index contributed by atoms with van der Waals surface area (Å²) >= 11 is 0. The van der Waals surface area contributed by atoms with Gasteiger partial charge in [-0.1, -0.05) is 24.3 Å². The molecule has 2 aromatic rings. The van der Waals surface area contributed by atoms with E-state index >= 15 is 0 Å². The number of hydrogen-bond donors (Lipinski definition) is 1. The summed E-state index contributed by atoms with van der Waals surface area (Å²) < 4.78 is 10.4. The Hall–Kier alpha value is -2.57. The highest BCUT2D eigenvalue weighted by atomic mass is 16.5. The van der Waals surface area contributed by atoms with Crippen molar-refractivity contribution in [2.75, 3.05) is 51.3 Å². The first-order valence-electron chi connectivity index (χ1n) is 10.5. The molecule has 0 amide bonds. The molecule has 0 bridgehead atoms. The molecular formula is C24H32N2O4. The number of aliphatic hydroxyl groups excluding tert-OH is 1. The van der Waals surface area contributed by atoms with Crippen LogP contribution in [0.1, 0.15) is 16.7 Å². The van der Waals surface area contributed by atoms with Gasteiger partial charge in [-0.15, -0.1) is 0 Å². The Kier molecular flexibility index (Phi) is 7.71. The van der Waals surface area contributed by atoms with Crippen molar-refractivity contribution < 1.29 is 19.4 Å². The molecule has 1 heterocycles. The van der Waals surface area contributed by atoms with Gasteiger partial charge in [0.1, 0.15) is 18.5 Å². The zero-order valence-corrected chi connectivity index (χ0v) is 18.1. The lowest BCUT2D eigenvalue weighted by Crippen LogP contribution is -2.49. The molecule has 30 heavy (non-hydrogen) atoms. The Morgan fingerprint density at radius 3 is 2.43 bits per heavy atom. The molecule has 3 rings (SSSR count). The SMILES string of the molecule is COC(=O)Cc1ccc(OC[C@H](O)CN2CCN(c3cc(C)ccc3C)CC2)cc1. The Morgan fingerprint density at radius 2 is 1.77 bits per heavy atom. The van der Waals surface area contributed by atoms with Crippen molar-refractivity contribution >= 4 is 11.7 Å². The highest BCUT2D eigenvalue weighted by Gasteiger charge is 2.20. The van der Waals surface area contributed by atoms with Crippen LogP contribution in [0.15, 0.2) is 42.5 Å². The van der Waals surface area contributed by atoms with E-state index in [2.05, 4.69) is 46.6 Å². The smallest absolute Gasteiger partial charge is 0.309 e. The van der Waals surface area contributed by atoms with Crippen molar-refractivity contribution in [1.29, 1.82) is 0 Å². The first-order valence-corrected chi connectivity index (χ1v) is 10.5. The molecule has 0 unspecified atom stereocenters. The number of rotatable bonds is 8. The van der Waals surface area contributed by atoms with Gasteiger partial charge in [-0.2, -0.15) is 0 Å². The van der Waals surface area contributed by atoms with Gasteiger partial charge in [0.05, 0.1) is 13.5 Å². The Bertz CT molecular complexity index is 830. The first kappa shape index (κ1) is 22.1. The Labute approximate surface area is 179 Å². The topological polar surface area (TPSA) is 62.2 Å². The lowest BCUT2D eigenvalue weighted by molar-refractivity contribution is -0.139. The van der Waals surface area contributed by atoms with Crippen LogP contribution >= 0.6 is 0 Å². The van der Waals surface area contributed by atoms with Crippen LogP contribution in [0.3, 0.4) is 0 Å². The van der Waals surface area contributed by atoms with Crippen LogP contribution in [0.25, 0.3) is 0 Å². The molecule has 0 radical (unpaired) electrons. The average molecular weight is 413 g/mol. The van der Waals surface area contributed by atoms with E-state index in [1.54, 1.807) is 0 Å². The molecule has 0 aromatic heterocycles. The third-order valence-corrected chi connectivity index (χ3v) is 5.49. The zero-order valence-electron chi connectivity index (χ0n) is 18.1. The largest absolute Gasteiger partial charge is 0.491 e. The summed E-state index contributed by atoms with van der Waals surface area (Å²) in [6.45, 7) is 8.89. The van der Waals surface area contributed by atoms with E-state index in [4.69, 9.17) is 4.74 Å². The molecule has 162 valence electrons. The highest BCUT2D eigenvalue weighted by molar-refractivity contribution is 5.72. The summed E-state index contributed by atoms with van der Waals surface area (Å²) in [5.74, 6) is 0.416. The number of esters is 1. The molecule has 0 aliphatic carbocycles. The lowest BCUT2D eigenvalue weighted by Gasteiger charge is -2.37. The standard InChI is InChI=1S/C24H32N2O4/c1-18-4-5-19(2)23(14-18)26-12-10-25(11-13-26)16-21(27)17-30-22-8-6-20(7-9-22)15-24(28)29-3/h4-9,14,21,27H,10-13,15-17H2,1-3H3/t21-/m1/s1. The molecule has 1 aliphatic heterocycles. The number of nitrogens with zero attached hydrogens (tertiary/aromatic N) is 2. The van der Waals surface area contributed by atoms with Gasteiger partial charge < -0.3 is 19.5 Å². The van der Waals surface area contributed by atoms with Gasteiger partial charge in [-0.3, -0.25) is 9.69 Å². The predicted molar refractivity (Wildman–Crippen MR) is 118 cm³/mol. The molecule has 1 fully saturated rings. The fourth-order valence-electron chi connectivity index (χ4n) is 3.72. The van der Waals surface area contributed by atoms with E-state index in [9.17, 15) is 9.90 Å². The van der Waals surface area contributed by atoms with Crippen LogP contribution < -0.4 is 9.64 Å². The molecule has 1 N–H and O–H groups in total. The van der Waals surface area contributed by atoms with Gasteiger partial charge in [0.2, 0.25) is 0 Å². The molecular weight excluding hydrogens is 380 g/mol. The van der Waals surface area contributed by atoms with E-state index in [-0.39, 0.29) is 19.0 Å². The van der Waals surface area contributed by atoms with Gasteiger partial charge in [-0.25, -0.2) is 0 Å². The number of aryl methyl sites for hydroxylation is 2. The summed E-state index contributed by atoms with van der Waals surface area (Å²) in [5.41, 5.74) is 4.77. The third kappa shape index (κ3) is 6.21. The number of piperazine rings is 1. The molecule has 6 heteroatoms. The second-order valence-corrected chi connectivity index (χ2v) is 7.94. The number of aliphatic hydroxyl groups is 1. The number of carbonyl (C=O) groups excluding carboxylic acids is 1. The van der Waals surface area contributed by atoms with Crippen molar-refractivity contribution in [3.8, 4) is 5.75 Å². The lowest BCUT2D eigenvalue weighted by atomic mass is 10.1. The van der Waals surface area contributed by atoms with Gasteiger partial charge in [0.25, 0.3) is 0 Å². The molecule has 0 saturated carbocycles. The van der Waals surface area contributed by atoms with E-state index in [0.717, 1.165) is 31.7 Å². The van der Waals surface area contributed by atoms with Crippen molar-refractivity contribution in [3.05, 3.63) is 59.2 Å². The molecule has 0 spiro atoms. The van der Waals surface area contributed by atoms with Crippen molar-refractivity contribution in [3.63, 3.8) is 0 Å². The molecule has 1 aliphatic rings. The van der Waals surface area contributed by atoms with Crippen LogP contribution in [0.4, 0.5) is 5.69 Å². The summed E-state index contributed by atoms with van der Waals surface area (Å²) in [7, 11) is 1.38. The summed E-state index contributed by atoms with van der Waals surface area (Å²) in [6, 6.07) is 13.9. The second-order valence-electron chi connectivity index (χ2n) is 7.94. The monoisotopic (exact) mass is 412 g/mol. The molecule has 1 saturated heterocycles. The number of anilines is 1. The zero-order chi connectivity index (χ0) is 21.5. The van der Waals surface area contributed by atoms with E-state index in [0.29, 0.717) is 12.3 Å². The van der Waals surface area contributed by atoms with Gasteiger partial charge in [0.15, 0.2) is 0 Å². The Morgan fingerprint density at radius 1 is 1.07 bits per heavy atom.